The summed E-state index contributed by atoms with van der Waals surface area (Å²) in [5.74, 6) is -0.331. The maximum absolute atomic E-state index is 13.4. The Morgan fingerprint density at radius 3 is 3.00 bits per heavy atom. The molecule has 2 nitrogen and oxygen atoms in total. The number of hydrogen-bond donors (Lipinski definition) is 1. The molecule has 0 unspecified atom stereocenters. The van der Waals surface area contributed by atoms with Crippen molar-refractivity contribution in [1.82, 2.24) is 5.32 Å². The summed E-state index contributed by atoms with van der Waals surface area (Å²) >= 11 is 3.27. The van der Waals surface area contributed by atoms with Crippen LogP contribution in [-0.2, 0) is 6.54 Å². The predicted molar refractivity (Wildman–Crippen MR) is 61.3 cm³/mol. The van der Waals surface area contributed by atoms with Crippen LogP contribution in [0.5, 0.6) is 0 Å². The van der Waals surface area contributed by atoms with Crippen LogP contribution in [-0.4, -0.2) is 6.54 Å². The van der Waals surface area contributed by atoms with Gasteiger partial charge in [0, 0.05) is 22.0 Å². The average Bonchev–Trinajstić information content (AvgIpc) is 2.58. The van der Waals surface area contributed by atoms with Crippen LogP contribution < -0.4 is 5.32 Å². The van der Waals surface area contributed by atoms with Gasteiger partial charge in [0.25, 0.3) is 0 Å². The van der Waals surface area contributed by atoms with Crippen LogP contribution in [0.25, 0.3) is 11.0 Å². The Balaban J connectivity index is 2.49. The first-order valence-corrected chi connectivity index (χ1v) is 5.57. The van der Waals surface area contributed by atoms with Crippen molar-refractivity contribution < 1.29 is 8.81 Å². The summed E-state index contributed by atoms with van der Waals surface area (Å²) in [6.45, 7) is 3.60. The lowest BCUT2D eigenvalue weighted by molar-refractivity contribution is 0.556. The lowest BCUT2D eigenvalue weighted by Gasteiger charge is -1.99. The molecule has 1 N–H and O–H groups in total. The Bertz CT molecular complexity index is 481. The zero-order chi connectivity index (χ0) is 10.8. The summed E-state index contributed by atoms with van der Waals surface area (Å²) in [7, 11) is 0. The zero-order valence-electron chi connectivity index (χ0n) is 8.31. The fraction of sp³-hybridized carbons (Fsp3) is 0.273. The molecule has 1 heterocycles. The third kappa shape index (κ3) is 2.06. The first-order chi connectivity index (χ1) is 7.22. The summed E-state index contributed by atoms with van der Waals surface area (Å²) in [5, 5.41) is 4.01. The minimum Gasteiger partial charge on any atom is -0.461 e. The van der Waals surface area contributed by atoms with Crippen molar-refractivity contribution in [3.05, 3.63) is 34.2 Å². The molecule has 2 rings (SSSR count). The highest BCUT2D eigenvalue weighted by Crippen LogP contribution is 2.27. The lowest BCUT2D eigenvalue weighted by Crippen LogP contribution is -2.11. The quantitative estimate of drug-likeness (QED) is 0.925. The Hall–Kier alpha value is -0.870. The highest BCUT2D eigenvalue weighted by molar-refractivity contribution is 9.10. The van der Waals surface area contributed by atoms with Gasteiger partial charge in [-0.05, 0) is 18.7 Å². The van der Waals surface area contributed by atoms with Gasteiger partial charge in [-0.2, -0.15) is 0 Å². The van der Waals surface area contributed by atoms with Crippen molar-refractivity contribution in [2.45, 2.75) is 13.5 Å². The number of hydrogen-bond acceptors (Lipinski definition) is 2. The Labute approximate surface area is 95.6 Å². The molecule has 0 aliphatic rings. The third-order valence-electron chi connectivity index (χ3n) is 2.24. The van der Waals surface area contributed by atoms with Crippen LogP contribution in [0.1, 0.15) is 12.5 Å². The van der Waals surface area contributed by atoms with Crippen LogP contribution in [0.4, 0.5) is 4.39 Å². The summed E-state index contributed by atoms with van der Waals surface area (Å²) in [6.07, 6.45) is 1.60. The van der Waals surface area contributed by atoms with Crippen molar-refractivity contribution in [2.24, 2.45) is 0 Å². The second-order valence-corrected chi connectivity index (χ2v) is 4.22. The minimum absolute atomic E-state index is 0.325. The molecule has 0 saturated carbocycles. The molecule has 1 aromatic carbocycles. The fourth-order valence-corrected chi connectivity index (χ4v) is 1.94. The topological polar surface area (TPSA) is 25.2 Å². The van der Waals surface area contributed by atoms with Gasteiger partial charge in [-0.15, -0.1) is 0 Å². The van der Waals surface area contributed by atoms with E-state index in [1.807, 2.05) is 13.0 Å². The van der Waals surface area contributed by atoms with Crippen LogP contribution >= 0.6 is 15.9 Å². The van der Waals surface area contributed by atoms with Gasteiger partial charge in [-0.25, -0.2) is 4.39 Å². The maximum Gasteiger partial charge on any atom is 0.169 e. The Morgan fingerprint density at radius 2 is 2.27 bits per heavy atom. The predicted octanol–water partition coefficient (Wildman–Crippen LogP) is 3.44. The number of rotatable bonds is 3. The van der Waals surface area contributed by atoms with E-state index in [4.69, 9.17) is 4.42 Å². The first-order valence-electron chi connectivity index (χ1n) is 4.78. The zero-order valence-corrected chi connectivity index (χ0v) is 9.90. The molecule has 0 spiro atoms. The van der Waals surface area contributed by atoms with E-state index >= 15 is 0 Å². The number of halogens is 2. The van der Waals surface area contributed by atoms with E-state index in [0.717, 1.165) is 22.0 Å². The molecule has 80 valence electrons. The van der Waals surface area contributed by atoms with Crippen LogP contribution in [0.3, 0.4) is 0 Å². The Kier molecular flexibility index (Phi) is 3.07. The molecule has 15 heavy (non-hydrogen) atoms. The van der Waals surface area contributed by atoms with Crippen molar-refractivity contribution in [2.75, 3.05) is 6.54 Å². The molecule has 1 aromatic heterocycles. The molecule has 0 aliphatic carbocycles. The standard InChI is InChI=1S/C11H11BrFNO/c1-2-14-5-7-6-15-11-9(7)3-8(12)4-10(11)13/h3-4,6,14H,2,5H2,1H3. The Morgan fingerprint density at radius 1 is 1.47 bits per heavy atom. The van der Waals surface area contributed by atoms with Crippen molar-refractivity contribution in [3.63, 3.8) is 0 Å². The van der Waals surface area contributed by atoms with Gasteiger partial charge in [0.1, 0.15) is 0 Å². The average molecular weight is 272 g/mol. The summed E-state index contributed by atoms with van der Waals surface area (Å²) in [4.78, 5) is 0. The second-order valence-electron chi connectivity index (χ2n) is 3.31. The van der Waals surface area contributed by atoms with Gasteiger partial charge in [0.05, 0.1) is 6.26 Å². The van der Waals surface area contributed by atoms with E-state index in [1.54, 1.807) is 6.26 Å². The SMILES string of the molecule is CCNCc1coc2c(F)cc(Br)cc12. The molecule has 4 heteroatoms. The smallest absolute Gasteiger partial charge is 0.169 e. The van der Waals surface area contributed by atoms with Crippen LogP contribution in [0.15, 0.2) is 27.3 Å². The monoisotopic (exact) mass is 271 g/mol. The molecule has 0 saturated heterocycles. The van der Waals surface area contributed by atoms with Gasteiger partial charge >= 0.3 is 0 Å². The van der Waals surface area contributed by atoms with E-state index in [2.05, 4.69) is 21.2 Å². The largest absolute Gasteiger partial charge is 0.461 e. The van der Waals surface area contributed by atoms with Gasteiger partial charge in [-0.3, -0.25) is 0 Å². The van der Waals surface area contributed by atoms with Crippen LogP contribution in [0, 0.1) is 5.82 Å². The molecular formula is C11H11BrFNO. The maximum atomic E-state index is 13.4. The molecule has 0 aliphatic heterocycles. The highest BCUT2D eigenvalue weighted by Gasteiger charge is 2.10. The summed E-state index contributed by atoms with van der Waals surface area (Å²) in [5.41, 5.74) is 1.30. The minimum atomic E-state index is -0.331. The second kappa shape index (κ2) is 4.33. The van der Waals surface area contributed by atoms with Gasteiger partial charge in [0.15, 0.2) is 11.4 Å². The summed E-state index contributed by atoms with van der Waals surface area (Å²) < 4.78 is 19.4. The lowest BCUT2D eigenvalue weighted by atomic mass is 10.2. The molecule has 0 amide bonds. The molecule has 0 atom stereocenters. The van der Waals surface area contributed by atoms with E-state index in [0.29, 0.717) is 12.1 Å². The molecular weight excluding hydrogens is 261 g/mol. The van der Waals surface area contributed by atoms with Crippen LogP contribution in [0.2, 0.25) is 0 Å². The normalized spacial score (nSPS) is 11.1. The molecule has 0 fully saturated rings. The van der Waals surface area contributed by atoms with E-state index < -0.39 is 0 Å². The number of benzene rings is 1. The third-order valence-corrected chi connectivity index (χ3v) is 2.70. The van der Waals surface area contributed by atoms with E-state index in [1.165, 1.54) is 6.07 Å². The number of fused-ring (bicyclic) bond motifs is 1. The number of nitrogens with one attached hydrogen (secondary N) is 1. The molecule has 2 aromatic rings. The number of furan rings is 1. The van der Waals surface area contributed by atoms with Gasteiger partial charge in [0.2, 0.25) is 0 Å². The van der Waals surface area contributed by atoms with Crippen molar-refractivity contribution in [3.8, 4) is 0 Å². The molecule has 0 radical (unpaired) electrons. The fourth-order valence-electron chi connectivity index (χ4n) is 1.51. The van der Waals surface area contributed by atoms with Crippen molar-refractivity contribution >= 4 is 26.9 Å². The summed E-state index contributed by atoms with van der Waals surface area (Å²) in [6, 6.07) is 3.28. The van der Waals surface area contributed by atoms with Crippen molar-refractivity contribution in [1.29, 1.82) is 0 Å². The molecule has 0 bridgehead atoms. The highest BCUT2D eigenvalue weighted by atomic mass is 79.9. The van der Waals surface area contributed by atoms with E-state index in [9.17, 15) is 4.39 Å². The van der Waals surface area contributed by atoms with Gasteiger partial charge in [-0.1, -0.05) is 22.9 Å². The van der Waals surface area contributed by atoms with E-state index in [-0.39, 0.29) is 5.82 Å². The first kappa shape index (κ1) is 10.6. The van der Waals surface area contributed by atoms with Gasteiger partial charge < -0.3 is 9.73 Å².